The van der Waals surface area contributed by atoms with Gasteiger partial charge in [0.15, 0.2) is 0 Å². The second-order valence-corrected chi connectivity index (χ2v) is 3.64. The van der Waals surface area contributed by atoms with E-state index in [-0.39, 0.29) is 11.2 Å². The summed E-state index contributed by atoms with van der Waals surface area (Å²) in [5.74, 6) is 0.948. The molecule has 11 heavy (non-hydrogen) atoms. The molecule has 0 bridgehead atoms. The van der Waals surface area contributed by atoms with Gasteiger partial charge < -0.3 is 11.1 Å². The molecule has 3 N–H and O–H groups in total. The van der Waals surface area contributed by atoms with Crippen LogP contribution < -0.4 is 11.1 Å². The van der Waals surface area contributed by atoms with Crippen LogP contribution in [0.3, 0.4) is 0 Å². The summed E-state index contributed by atoms with van der Waals surface area (Å²) in [4.78, 5) is 11.1. The first-order chi connectivity index (χ1) is 5.22. The molecule has 0 spiro atoms. The molecule has 1 amide bonds. The Morgan fingerprint density at radius 2 is 2.36 bits per heavy atom. The molecular formula is C7H16N2OS. The lowest BCUT2D eigenvalue weighted by Crippen LogP contribution is -2.31. The number of rotatable bonds is 5. The first kappa shape index (κ1) is 10.8. The van der Waals surface area contributed by atoms with Gasteiger partial charge in [0.2, 0.25) is 5.91 Å². The Morgan fingerprint density at radius 3 is 2.82 bits per heavy atom. The minimum absolute atomic E-state index is 0.0264. The van der Waals surface area contributed by atoms with Crippen molar-refractivity contribution in [1.29, 1.82) is 0 Å². The summed E-state index contributed by atoms with van der Waals surface area (Å²) in [5, 5.41) is 2.78. The number of carbonyl (C=O) groups is 1. The van der Waals surface area contributed by atoms with Gasteiger partial charge in [-0.3, -0.25) is 4.79 Å². The van der Waals surface area contributed by atoms with E-state index in [1.54, 1.807) is 11.8 Å². The van der Waals surface area contributed by atoms with Crippen molar-refractivity contribution in [2.24, 2.45) is 5.73 Å². The van der Waals surface area contributed by atoms with Crippen LogP contribution in [0.1, 0.15) is 13.8 Å². The summed E-state index contributed by atoms with van der Waals surface area (Å²) in [5.41, 5.74) is 5.30. The van der Waals surface area contributed by atoms with E-state index in [0.717, 1.165) is 5.75 Å². The summed E-state index contributed by atoms with van der Waals surface area (Å²) in [6.45, 7) is 5.14. The SMILES string of the molecule is CCNC(=O)C(C)SCCN. The van der Waals surface area contributed by atoms with Gasteiger partial charge in [0.25, 0.3) is 0 Å². The summed E-state index contributed by atoms with van der Waals surface area (Å²) in [6, 6.07) is 0. The minimum atomic E-state index is 0.0264. The van der Waals surface area contributed by atoms with Crippen molar-refractivity contribution in [1.82, 2.24) is 5.32 Å². The van der Waals surface area contributed by atoms with E-state index in [1.807, 2.05) is 13.8 Å². The predicted octanol–water partition coefficient (Wildman–Crippen LogP) is 0.203. The highest BCUT2D eigenvalue weighted by atomic mass is 32.2. The molecule has 0 saturated heterocycles. The van der Waals surface area contributed by atoms with Crippen LogP contribution in [0, 0.1) is 0 Å². The fourth-order valence-corrected chi connectivity index (χ4v) is 1.36. The number of carbonyl (C=O) groups excluding carboxylic acids is 1. The Hall–Kier alpha value is -0.220. The molecule has 0 heterocycles. The van der Waals surface area contributed by atoms with E-state index in [0.29, 0.717) is 13.1 Å². The van der Waals surface area contributed by atoms with Crippen LogP contribution in [0.2, 0.25) is 0 Å². The molecule has 0 aliphatic heterocycles. The Kier molecular flexibility index (Phi) is 6.36. The molecule has 3 nitrogen and oxygen atoms in total. The van der Waals surface area contributed by atoms with Crippen molar-refractivity contribution in [3.63, 3.8) is 0 Å². The molecule has 1 unspecified atom stereocenters. The van der Waals surface area contributed by atoms with Gasteiger partial charge in [-0.25, -0.2) is 0 Å². The maximum atomic E-state index is 11.1. The molecule has 66 valence electrons. The van der Waals surface area contributed by atoms with Crippen molar-refractivity contribution >= 4 is 17.7 Å². The first-order valence-corrected chi connectivity index (χ1v) is 4.86. The smallest absolute Gasteiger partial charge is 0.232 e. The predicted molar refractivity (Wildman–Crippen MR) is 49.7 cm³/mol. The van der Waals surface area contributed by atoms with E-state index in [2.05, 4.69) is 5.32 Å². The molecule has 0 rings (SSSR count). The lowest BCUT2D eigenvalue weighted by Gasteiger charge is -2.09. The van der Waals surface area contributed by atoms with Gasteiger partial charge in [-0.2, -0.15) is 0 Å². The average molecular weight is 176 g/mol. The maximum absolute atomic E-state index is 11.1. The summed E-state index contributed by atoms with van der Waals surface area (Å²) in [7, 11) is 0. The fourth-order valence-electron chi connectivity index (χ4n) is 0.638. The van der Waals surface area contributed by atoms with Crippen LogP contribution in [-0.4, -0.2) is 30.0 Å². The zero-order chi connectivity index (χ0) is 8.69. The number of hydrogen-bond donors (Lipinski definition) is 2. The zero-order valence-corrected chi connectivity index (χ0v) is 7.91. The highest BCUT2D eigenvalue weighted by Gasteiger charge is 2.10. The molecule has 0 aliphatic carbocycles. The zero-order valence-electron chi connectivity index (χ0n) is 7.09. The van der Waals surface area contributed by atoms with Crippen molar-refractivity contribution in [2.75, 3.05) is 18.8 Å². The molecule has 0 aromatic heterocycles. The Bertz CT molecular complexity index is 119. The van der Waals surface area contributed by atoms with Crippen LogP contribution >= 0.6 is 11.8 Å². The van der Waals surface area contributed by atoms with Gasteiger partial charge in [0, 0.05) is 18.8 Å². The third kappa shape index (κ3) is 5.09. The van der Waals surface area contributed by atoms with Gasteiger partial charge in [-0.15, -0.1) is 11.8 Å². The second-order valence-electron chi connectivity index (χ2n) is 2.20. The maximum Gasteiger partial charge on any atom is 0.232 e. The van der Waals surface area contributed by atoms with E-state index in [4.69, 9.17) is 5.73 Å². The quantitative estimate of drug-likeness (QED) is 0.629. The third-order valence-electron chi connectivity index (χ3n) is 1.21. The number of hydrogen-bond acceptors (Lipinski definition) is 3. The summed E-state index contributed by atoms with van der Waals surface area (Å²) < 4.78 is 0. The molecule has 4 heteroatoms. The van der Waals surface area contributed by atoms with Gasteiger partial charge in [0.05, 0.1) is 5.25 Å². The topological polar surface area (TPSA) is 55.1 Å². The Balaban J connectivity index is 3.46. The largest absolute Gasteiger partial charge is 0.355 e. The van der Waals surface area contributed by atoms with E-state index < -0.39 is 0 Å². The molecule has 0 aliphatic rings. The van der Waals surface area contributed by atoms with Crippen molar-refractivity contribution in [3.05, 3.63) is 0 Å². The van der Waals surface area contributed by atoms with Crippen LogP contribution in [0.25, 0.3) is 0 Å². The van der Waals surface area contributed by atoms with Crippen molar-refractivity contribution in [2.45, 2.75) is 19.1 Å². The highest BCUT2D eigenvalue weighted by Crippen LogP contribution is 2.08. The number of nitrogens with one attached hydrogen (secondary N) is 1. The van der Waals surface area contributed by atoms with Gasteiger partial charge >= 0.3 is 0 Å². The van der Waals surface area contributed by atoms with E-state index in [1.165, 1.54) is 0 Å². The van der Waals surface area contributed by atoms with Gasteiger partial charge in [0.1, 0.15) is 0 Å². The Labute approximate surface area is 72.1 Å². The normalized spacial score (nSPS) is 12.6. The molecule has 0 radical (unpaired) electrons. The molecule has 1 atom stereocenters. The van der Waals surface area contributed by atoms with E-state index in [9.17, 15) is 4.79 Å². The average Bonchev–Trinajstić information content (AvgIpc) is 2.00. The second kappa shape index (κ2) is 6.49. The number of nitrogens with two attached hydrogens (primary N) is 1. The summed E-state index contributed by atoms with van der Waals surface area (Å²) in [6.07, 6.45) is 0. The molecular weight excluding hydrogens is 160 g/mol. The standard InChI is InChI=1S/C7H16N2OS/c1-3-9-7(10)6(2)11-5-4-8/h6H,3-5,8H2,1-2H3,(H,9,10). The van der Waals surface area contributed by atoms with E-state index >= 15 is 0 Å². The van der Waals surface area contributed by atoms with Gasteiger partial charge in [-0.1, -0.05) is 0 Å². The minimum Gasteiger partial charge on any atom is -0.355 e. The first-order valence-electron chi connectivity index (χ1n) is 3.81. The summed E-state index contributed by atoms with van der Waals surface area (Å²) >= 11 is 1.59. The van der Waals surface area contributed by atoms with Crippen molar-refractivity contribution < 1.29 is 4.79 Å². The lowest BCUT2D eigenvalue weighted by molar-refractivity contribution is -0.120. The number of thioether (sulfide) groups is 1. The highest BCUT2D eigenvalue weighted by molar-refractivity contribution is 8.00. The van der Waals surface area contributed by atoms with Crippen LogP contribution in [-0.2, 0) is 4.79 Å². The number of amides is 1. The van der Waals surface area contributed by atoms with Crippen LogP contribution in [0.4, 0.5) is 0 Å². The monoisotopic (exact) mass is 176 g/mol. The Morgan fingerprint density at radius 1 is 1.73 bits per heavy atom. The third-order valence-corrected chi connectivity index (χ3v) is 2.39. The fraction of sp³-hybridized carbons (Fsp3) is 0.857. The van der Waals surface area contributed by atoms with Crippen LogP contribution in [0.15, 0.2) is 0 Å². The lowest BCUT2D eigenvalue weighted by atomic mass is 10.4. The molecule has 0 fully saturated rings. The van der Waals surface area contributed by atoms with Crippen LogP contribution in [0.5, 0.6) is 0 Å². The molecule has 0 aromatic rings. The van der Waals surface area contributed by atoms with Crippen molar-refractivity contribution in [3.8, 4) is 0 Å². The molecule has 0 saturated carbocycles. The van der Waals surface area contributed by atoms with Gasteiger partial charge in [-0.05, 0) is 13.8 Å². The molecule has 0 aromatic carbocycles.